The molecule has 1 aliphatic carbocycles. The Hall–Kier alpha value is -0.660. The van der Waals surface area contributed by atoms with Crippen molar-refractivity contribution in [1.82, 2.24) is 9.29 Å². The van der Waals surface area contributed by atoms with E-state index in [9.17, 15) is 8.42 Å². The molecule has 0 saturated heterocycles. The first kappa shape index (κ1) is 13.8. The molecule has 0 radical (unpaired) electrons. The van der Waals surface area contributed by atoms with Crippen LogP contribution in [0.25, 0.3) is 0 Å². The zero-order valence-corrected chi connectivity index (χ0v) is 12.8. The van der Waals surface area contributed by atoms with Crippen molar-refractivity contribution in [3.63, 3.8) is 0 Å². The zero-order chi connectivity index (χ0) is 13.3. The number of anilines is 1. The second-order valence-corrected chi connectivity index (χ2v) is 7.27. The van der Waals surface area contributed by atoms with Crippen molar-refractivity contribution in [1.29, 1.82) is 0 Å². The van der Waals surface area contributed by atoms with Gasteiger partial charge < -0.3 is 5.32 Å². The van der Waals surface area contributed by atoms with Gasteiger partial charge in [-0.05, 0) is 34.8 Å². The molecule has 1 saturated carbocycles. The summed E-state index contributed by atoms with van der Waals surface area (Å²) in [6.45, 7) is 2.23. The number of halogens is 1. The monoisotopic (exact) mass is 333 g/mol. The molecule has 5 nitrogen and oxygen atoms in total. The summed E-state index contributed by atoms with van der Waals surface area (Å²) in [4.78, 5) is 4.41. The third kappa shape index (κ3) is 2.84. The Morgan fingerprint density at radius 1 is 1.56 bits per heavy atom. The minimum Gasteiger partial charge on any atom is -0.366 e. The molecule has 0 unspecified atom stereocenters. The van der Waals surface area contributed by atoms with Crippen LogP contribution >= 0.6 is 15.9 Å². The van der Waals surface area contributed by atoms with Gasteiger partial charge >= 0.3 is 0 Å². The molecular formula is C11H16BrN3O2S. The van der Waals surface area contributed by atoms with Crippen LogP contribution in [0.5, 0.6) is 0 Å². The molecule has 18 heavy (non-hydrogen) atoms. The van der Waals surface area contributed by atoms with E-state index in [0.29, 0.717) is 22.9 Å². The van der Waals surface area contributed by atoms with E-state index in [1.807, 2.05) is 0 Å². The molecular weight excluding hydrogens is 318 g/mol. The van der Waals surface area contributed by atoms with Crippen LogP contribution in [0.2, 0.25) is 0 Å². The molecule has 0 spiro atoms. The summed E-state index contributed by atoms with van der Waals surface area (Å²) in [5.74, 6) is 0.445. The van der Waals surface area contributed by atoms with Gasteiger partial charge in [-0.3, -0.25) is 0 Å². The average molecular weight is 334 g/mol. The van der Waals surface area contributed by atoms with E-state index in [-0.39, 0.29) is 4.90 Å². The van der Waals surface area contributed by atoms with Crippen molar-refractivity contribution < 1.29 is 8.42 Å². The highest BCUT2D eigenvalue weighted by Gasteiger charge is 2.28. The maximum Gasteiger partial charge on any atom is 0.246 e. The summed E-state index contributed by atoms with van der Waals surface area (Å²) in [5, 5.41) is 3.16. The summed E-state index contributed by atoms with van der Waals surface area (Å²) < 4.78 is 26.7. The van der Waals surface area contributed by atoms with Gasteiger partial charge in [0.05, 0.1) is 0 Å². The molecule has 1 aromatic rings. The second-order valence-electron chi connectivity index (χ2n) is 4.34. The molecule has 1 heterocycles. The molecule has 1 aromatic heterocycles. The van der Waals surface area contributed by atoms with Crippen molar-refractivity contribution in [3.8, 4) is 0 Å². The number of pyridine rings is 1. The van der Waals surface area contributed by atoms with E-state index in [1.54, 1.807) is 26.2 Å². The molecule has 2 rings (SSSR count). The van der Waals surface area contributed by atoms with Crippen molar-refractivity contribution >= 4 is 31.8 Å². The number of aromatic nitrogens is 1. The Kier molecular flexibility index (Phi) is 3.93. The number of sulfonamides is 1. The van der Waals surface area contributed by atoms with Crippen LogP contribution < -0.4 is 5.32 Å². The summed E-state index contributed by atoms with van der Waals surface area (Å²) in [5.41, 5.74) is 0. The Bertz CT molecular complexity index is 543. The van der Waals surface area contributed by atoms with Crippen LogP contribution in [-0.2, 0) is 10.0 Å². The van der Waals surface area contributed by atoms with Crippen LogP contribution in [0.4, 0.5) is 5.82 Å². The smallest absolute Gasteiger partial charge is 0.246 e. The third-order valence-electron chi connectivity index (χ3n) is 2.87. The van der Waals surface area contributed by atoms with Gasteiger partial charge in [-0.15, -0.1) is 0 Å². The highest BCUT2D eigenvalue weighted by atomic mass is 79.9. The fourth-order valence-electron chi connectivity index (χ4n) is 1.48. The van der Waals surface area contributed by atoms with E-state index >= 15 is 0 Å². The van der Waals surface area contributed by atoms with E-state index in [4.69, 9.17) is 0 Å². The van der Waals surface area contributed by atoms with Crippen molar-refractivity contribution in [2.75, 3.05) is 18.9 Å². The number of nitrogens with one attached hydrogen (secondary N) is 1. The lowest BCUT2D eigenvalue weighted by atomic mass is 10.4. The number of rotatable bonds is 5. The first-order valence-electron chi connectivity index (χ1n) is 5.83. The Morgan fingerprint density at radius 2 is 2.22 bits per heavy atom. The average Bonchev–Trinajstić information content (AvgIpc) is 3.14. The fourth-order valence-corrected chi connectivity index (χ4v) is 3.27. The SMILES string of the molecule is CCN(C)S(=O)(=O)c1cc(Br)cnc1NC1CC1. The van der Waals surface area contributed by atoms with Crippen LogP contribution in [0.3, 0.4) is 0 Å². The van der Waals surface area contributed by atoms with E-state index < -0.39 is 10.0 Å². The summed E-state index contributed by atoms with van der Waals surface area (Å²) in [6.07, 6.45) is 3.75. The fraction of sp³-hybridized carbons (Fsp3) is 0.545. The molecule has 0 aromatic carbocycles. The molecule has 7 heteroatoms. The van der Waals surface area contributed by atoms with Gasteiger partial charge in [0.15, 0.2) is 0 Å². The molecule has 0 amide bonds. The summed E-state index contributed by atoms with van der Waals surface area (Å²) >= 11 is 3.27. The summed E-state index contributed by atoms with van der Waals surface area (Å²) in [7, 11) is -1.92. The maximum absolute atomic E-state index is 12.4. The maximum atomic E-state index is 12.4. The van der Waals surface area contributed by atoms with Crippen molar-refractivity contribution in [2.45, 2.75) is 30.7 Å². The minimum atomic E-state index is -3.48. The topological polar surface area (TPSA) is 62.3 Å². The molecule has 0 bridgehead atoms. The van der Waals surface area contributed by atoms with Crippen molar-refractivity contribution in [3.05, 3.63) is 16.7 Å². The largest absolute Gasteiger partial charge is 0.366 e. The van der Waals surface area contributed by atoms with Gasteiger partial charge in [-0.25, -0.2) is 17.7 Å². The number of hydrogen-bond acceptors (Lipinski definition) is 4. The lowest BCUT2D eigenvalue weighted by Gasteiger charge is -2.17. The minimum absolute atomic E-state index is 0.230. The number of nitrogens with zero attached hydrogens (tertiary/aromatic N) is 2. The van der Waals surface area contributed by atoms with E-state index in [2.05, 4.69) is 26.2 Å². The molecule has 0 atom stereocenters. The standard InChI is InChI=1S/C11H16BrN3O2S/c1-3-15(2)18(16,17)10-6-8(12)7-13-11(10)14-9-4-5-9/h6-7,9H,3-5H2,1-2H3,(H,13,14). The molecule has 1 fully saturated rings. The first-order chi connectivity index (χ1) is 8.45. The van der Waals surface area contributed by atoms with E-state index in [1.165, 1.54) is 4.31 Å². The van der Waals surface area contributed by atoms with E-state index in [0.717, 1.165) is 12.8 Å². The molecule has 1 aliphatic rings. The Labute approximate surface area is 116 Å². The van der Waals surface area contributed by atoms with Crippen LogP contribution in [0.1, 0.15) is 19.8 Å². The molecule has 0 aliphatic heterocycles. The highest BCUT2D eigenvalue weighted by Crippen LogP contribution is 2.30. The highest BCUT2D eigenvalue weighted by molar-refractivity contribution is 9.10. The molecule has 1 N–H and O–H groups in total. The predicted molar refractivity (Wildman–Crippen MR) is 74.1 cm³/mol. The van der Waals surface area contributed by atoms with Gasteiger partial charge in [-0.1, -0.05) is 6.92 Å². The van der Waals surface area contributed by atoms with Crippen LogP contribution in [0, 0.1) is 0 Å². The van der Waals surface area contributed by atoms with Gasteiger partial charge in [0.1, 0.15) is 10.7 Å². The Morgan fingerprint density at radius 3 is 2.78 bits per heavy atom. The second kappa shape index (κ2) is 5.14. The predicted octanol–water partition coefficient (Wildman–Crippen LogP) is 2.06. The van der Waals surface area contributed by atoms with Crippen LogP contribution in [0.15, 0.2) is 21.6 Å². The lowest BCUT2D eigenvalue weighted by Crippen LogP contribution is -2.27. The molecule has 100 valence electrons. The van der Waals surface area contributed by atoms with Gasteiger partial charge in [0.25, 0.3) is 0 Å². The number of hydrogen-bond donors (Lipinski definition) is 1. The van der Waals surface area contributed by atoms with Gasteiger partial charge in [0, 0.05) is 30.3 Å². The first-order valence-corrected chi connectivity index (χ1v) is 8.07. The zero-order valence-electron chi connectivity index (χ0n) is 10.4. The lowest BCUT2D eigenvalue weighted by molar-refractivity contribution is 0.486. The summed E-state index contributed by atoms with van der Waals surface area (Å²) in [6, 6.07) is 1.96. The van der Waals surface area contributed by atoms with Gasteiger partial charge in [0.2, 0.25) is 10.0 Å². The normalized spacial score (nSPS) is 16.0. The van der Waals surface area contributed by atoms with Crippen molar-refractivity contribution in [2.24, 2.45) is 0 Å². The Balaban J connectivity index is 2.43. The van der Waals surface area contributed by atoms with Crippen LogP contribution in [-0.4, -0.2) is 37.3 Å². The van der Waals surface area contributed by atoms with Gasteiger partial charge in [-0.2, -0.15) is 0 Å². The third-order valence-corrected chi connectivity index (χ3v) is 5.25. The quantitative estimate of drug-likeness (QED) is 0.895.